The zero-order valence-electron chi connectivity index (χ0n) is 13.4. The van der Waals surface area contributed by atoms with E-state index in [2.05, 4.69) is 15.3 Å². The first kappa shape index (κ1) is 16.1. The largest absolute Gasteiger partial charge is 0.355 e. The molecular formula is C16H22N4O2S. The van der Waals surface area contributed by atoms with Crippen molar-refractivity contribution in [1.29, 1.82) is 0 Å². The van der Waals surface area contributed by atoms with Gasteiger partial charge in [-0.15, -0.1) is 11.3 Å². The summed E-state index contributed by atoms with van der Waals surface area (Å²) in [7, 11) is 0. The molecule has 6 nitrogen and oxygen atoms in total. The minimum atomic E-state index is -0.122. The highest BCUT2D eigenvalue weighted by molar-refractivity contribution is 7.18. The van der Waals surface area contributed by atoms with Gasteiger partial charge in [-0.1, -0.05) is 0 Å². The lowest BCUT2D eigenvalue weighted by molar-refractivity contribution is -0.121. The Hall–Kier alpha value is -1.73. The summed E-state index contributed by atoms with van der Waals surface area (Å²) in [5.74, 6) is 1.08. The Balaban J connectivity index is 1.60. The summed E-state index contributed by atoms with van der Waals surface area (Å²) in [5.41, 5.74) is 6.82. The topological polar surface area (TPSA) is 101 Å². The summed E-state index contributed by atoms with van der Waals surface area (Å²) in [6.07, 6.45) is 3.06. The van der Waals surface area contributed by atoms with Gasteiger partial charge >= 0.3 is 0 Å². The molecule has 2 aromatic heterocycles. The lowest BCUT2D eigenvalue weighted by atomic mass is 10.2. The van der Waals surface area contributed by atoms with E-state index in [4.69, 9.17) is 5.73 Å². The van der Waals surface area contributed by atoms with Gasteiger partial charge < -0.3 is 16.0 Å². The number of hydrogen-bond acceptors (Lipinski definition) is 5. The minimum absolute atomic E-state index is 0.0533. The van der Waals surface area contributed by atoms with E-state index in [9.17, 15) is 9.59 Å². The lowest BCUT2D eigenvalue weighted by Gasteiger charge is -2.11. The van der Waals surface area contributed by atoms with Gasteiger partial charge in [-0.25, -0.2) is 4.98 Å². The fourth-order valence-corrected chi connectivity index (χ4v) is 3.71. The minimum Gasteiger partial charge on any atom is -0.355 e. The second-order valence-electron chi connectivity index (χ2n) is 6.28. The third-order valence-corrected chi connectivity index (χ3v) is 5.54. The highest BCUT2D eigenvalue weighted by Crippen LogP contribution is 2.31. The van der Waals surface area contributed by atoms with Crippen LogP contribution in [-0.4, -0.2) is 28.5 Å². The predicted molar refractivity (Wildman–Crippen MR) is 91.7 cm³/mol. The van der Waals surface area contributed by atoms with E-state index in [0.717, 1.165) is 15.3 Å². The number of carbonyl (C=O) groups excluding carboxylic acids is 1. The number of nitrogens with zero attached hydrogens (tertiary/aromatic N) is 1. The van der Waals surface area contributed by atoms with Crippen molar-refractivity contribution in [2.24, 2.45) is 11.7 Å². The van der Waals surface area contributed by atoms with Crippen molar-refractivity contribution in [2.75, 3.05) is 6.54 Å². The molecule has 124 valence electrons. The molecule has 2 aromatic rings. The Morgan fingerprint density at radius 3 is 2.91 bits per heavy atom. The molecule has 1 unspecified atom stereocenters. The molecule has 0 aromatic carbocycles. The zero-order valence-corrected chi connectivity index (χ0v) is 14.3. The van der Waals surface area contributed by atoms with Gasteiger partial charge in [0.1, 0.15) is 10.7 Å². The highest BCUT2D eigenvalue weighted by atomic mass is 32.1. The fraction of sp³-hybridized carbons (Fsp3) is 0.562. The monoisotopic (exact) mass is 334 g/mol. The number of hydrogen-bond donors (Lipinski definition) is 3. The molecule has 0 bridgehead atoms. The van der Waals surface area contributed by atoms with Crippen LogP contribution in [0.4, 0.5) is 0 Å². The van der Waals surface area contributed by atoms with Crippen LogP contribution in [0.1, 0.15) is 35.5 Å². The van der Waals surface area contributed by atoms with Crippen molar-refractivity contribution in [1.82, 2.24) is 15.3 Å². The Morgan fingerprint density at radius 2 is 2.22 bits per heavy atom. The molecule has 1 saturated carbocycles. The molecule has 0 aliphatic heterocycles. The summed E-state index contributed by atoms with van der Waals surface area (Å²) in [5, 5.41) is 3.52. The molecule has 4 N–H and O–H groups in total. The van der Waals surface area contributed by atoms with Crippen molar-refractivity contribution in [3.63, 3.8) is 0 Å². The van der Waals surface area contributed by atoms with Crippen LogP contribution in [0.3, 0.4) is 0 Å². The molecule has 0 saturated heterocycles. The maximum Gasteiger partial charge on any atom is 0.259 e. The summed E-state index contributed by atoms with van der Waals surface area (Å²) in [6, 6.07) is 0.0605. The van der Waals surface area contributed by atoms with Crippen molar-refractivity contribution in [3.8, 4) is 0 Å². The number of fused-ring (bicyclic) bond motifs is 1. The molecular weight excluding hydrogens is 312 g/mol. The van der Waals surface area contributed by atoms with Crippen LogP contribution in [0.25, 0.3) is 10.2 Å². The van der Waals surface area contributed by atoms with Crippen LogP contribution in [0.2, 0.25) is 0 Å². The smallest absolute Gasteiger partial charge is 0.259 e. The van der Waals surface area contributed by atoms with Crippen LogP contribution >= 0.6 is 11.3 Å². The van der Waals surface area contributed by atoms with Crippen LogP contribution in [0, 0.1) is 19.8 Å². The highest BCUT2D eigenvalue weighted by Gasteiger charge is 2.28. The van der Waals surface area contributed by atoms with Gasteiger partial charge in [0.2, 0.25) is 5.91 Å². The molecule has 1 amide bonds. The number of thiophene rings is 1. The molecule has 0 radical (unpaired) electrons. The van der Waals surface area contributed by atoms with Crippen molar-refractivity contribution >= 4 is 27.5 Å². The first-order valence-corrected chi connectivity index (χ1v) is 8.78. The maximum absolute atomic E-state index is 12.2. The Morgan fingerprint density at radius 1 is 1.48 bits per heavy atom. The number of H-pyrrole nitrogens is 1. The second-order valence-corrected chi connectivity index (χ2v) is 7.48. The summed E-state index contributed by atoms with van der Waals surface area (Å²) in [6.45, 7) is 4.44. The van der Waals surface area contributed by atoms with E-state index in [1.165, 1.54) is 24.2 Å². The van der Waals surface area contributed by atoms with Gasteiger partial charge in [0.25, 0.3) is 5.56 Å². The number of nitrogens with one attached hydrogen (secondary N) is 2. The number of amides is 1. The standard InChI is InChI=1S/C16H22N4O2S/c1-8-9(2)23-16-14(8)15(22)19-12(20-16)5-6-13(21)18-7-11(17)10-3-4-10/h10-11H,3-7,17H2,1-2H3,(H,18,21)(H,19,20,22). The van der Waals surface area contributed by atoms with E-state index >= 15 is 0 Å². The molecule has 7 heteroatoms. The van der Waals surface area contributed by atoms with E-state index in [1.54, 1.807) is 0 Å². The third-order valence-electron chi connectivity index (χ3n) is 4.44. The summed E-state index contributed by atoms with van der Waals surface area (Å²) in [4.78, 5) is 33.2. The van der Waals surface area contributed by atoms with E-state index < -0.39 is 0 Å². The third kappa shape index (κ3) is 3.61. The van der Waals surface area contributed by atoms with E-state index in [0.29, 0.717) is 36.5 Å². The number of rotatable bonds is 6. The maximum atomic E-state index is 12.2. The first-order valence-electron chi connectivity index (χ1n) is 7.97. The van der Waals surface area contributed by atoms with Gasteiger partial charge in [-0.05, 0) is 38.2 Å². The quantitative estimate of drug-likeness (QED) is 0.743. The summed E-state index contributed by atoms with van der Waals surface area (Å²) < 4.78 is 0. The van der Waals surface area contributed by atoms with E-state index in [1.807, 2.05) is 13.8 Å². The molecule has 1 aliphatic rings. The molecule has 23 heavy (non-hydrogen) atoms. The number of aryl methyl sites for hydroxylation is 3. The van der Waals surface area contributed by atoms with Crippen molar-refractivity contribution in [2.45, 2.75) is 45.6 Å². The van der Waals surface area contributed by atoms with Gasteiger partial charge in [0.05, 0.1) is 5.39 Å². The number of aromatic nitrogens is 2. The Bertz CT molecular complexity index is 791. The number of aromatic amines is 1. The van der Waals surface area contributed by atoms with Gasteiger partial charge in [0.15, 0.2) is 0 Å². The predicted octanol–water partition coefficient (Wildman–Crippen LogP) is 1.39. The van der Waals surface area contributed by atoms with Gasteiger partial charge in [-0.3, -0.25) is 9.59 Å². The molecule has 2 heterocycles. The van der Waals surface area contributed by atoms with Crippen LogP contribution in [0.5, 0.6) is 0 Å². The summed E-state index contributed by atoms with van der Waals surface area (Å²) >= 11 is 1.52. The number of carbonyl (C=O) groups is 1. The molecule has 1 atom stereocenters. The molecule has 1 fully saturated rings. The van der Waals surface area contributed by atoms with Gasteiger partial charge in [-0.2, -0.15) is 0 Å². The van der Waals surface area contributed by atoms with Crippen LogP contribution in [-0.2, 0) is 11.2 Å². The lowest BCUT2D eigenvalue weighted by Crippen LogP contribution is -2.38. The molecule has 3 rings (SSSR count). The molecule has 1 aliphatic carbocycles. The number of nitrogens with two attached hydrogens (primary N) is 1. The Labute approximate surface area is 138 Å². The average molecular weight is 334 g/mol. The van der Waals surface area contributed by atoms with Crippen LogP contribution < -0.4 is 16.6 Å². The fourth-order valence-electron chi connectivity index (χ4n) is 2.66. The van der Waals surface area contributed by atoms with E-state index in [-0.39, 0.29) is 17.5 Å². The van der Waals surface area contributed by atoms with Crippen LogP contribution in [0.15, 0.2) is 4.79 Å². The Kier molecular flexibility index (Phi) is 4.50. The SMILES string of the molecule is Cc1sc2nc(CCC(=O)NCC(N)C3CC3)[nH]c(=O)c2c1C. The average Bonchev–Trinajstić information content (AvgIpc) is 3.30. The normalized spacial score (nSPS) is 15.8. The zero-order chi connectivity index (χ0) is 16.6. The van der Waals surface area contributed by atoms with Gasteiger partial charge in [0, 0.05) is 30.3 Å². The molecule has 0 spiro atoms. The van der Waals surface area contributed by atoms with Crippen molar-refractivity contribution < 1.29 is 4.79 Å². The first-order chi connectivity index (χ1) is 11.0. The van der Waals surface area contributed by atoms with Crippen molar-refractivity contribution in [3.05, 3.63) is 26.6 Å². The second kappa shape index (κ2) is 6.41.